The fourth-order valence-electron chi connectivity index (χ4n) is 3.07. The summed E-state index contributed by atoms with van der Waals surface area (Å²) in [4.78, 5) is 31.8. The molecule has 25 heavy (non-hydrogen) atoms. The van der Waals surface area contributed by atoms with Gasteiger partial charge < -0.3 is 10.0 Å². The number of likely N-dealkylation sites (N-methyl/N-ethyl adjacent to an activating group) is 1. The summed E-state index contributed by atoms with van der Waals surface area (Å²) in [5.74, 6) is -0.220. The first kappa shape index (κ1) is 15.8. The standard InChI is InChI=1S/C18H14ClN3O3/c1-21(6-7-23)11-3-4-12-14(9-11)20-17-16(24)13-8-10(19)2-5-15(13)22(17)18(12)25/h2-5,8-9,23H,6-7H2,1H3. The van der Waals surface area contributed by atoms with Gasteiger partial charge in [-0.1, -0.05) is 11.6 Å². The van der Waals surface area contributed by atoms with Gasteiger partial charge in [0.05, 0.1) is 28.8 Å². The van der Waals surface area contributed by atoms with Crippen molar-refractivity contribution in [2.45, 2.75) is 0 Å². The lowest BCUT2D eigenvalue weighted by Crippen LogP contribution is -2.23. The minimum atomic E-state index is -0.314. The predicted molar refractivity (Wildman–Crippen MR) is 96.1 cm³/mol. The Morgan fingerprint density at radius 2 is 2.00 bits per heavy atom. The number of halogens is 1. The maximum atomic E-state index is 12.9. The van der Waals surface area contributed by atoms with Crippen molar-refractivity contribution >= 4 is 34.0 Å². The molecule has 0 saturated carbocycles. The Labute approximate surface area is 147 Å². The summed E-state index contributed by atoms with van der Waals surface area (Å²) in [5.41, 5.74) is 1.86. The number of fused-ring (bicyclic) bond motifs is 4. The van der Waals surface area contributed by atoms with Gasteiger partial charge in [0.1, 0.15) is 0 Å². The van der Waals surface area contributed by atoms with Crippen LogP contribution in [0.5, 0.6) is 0 Å². The van der Waals surface area contributed by atoms with E-state index in [-0.39, 0.29) is 23.8 Å². The van der Waals surface area contributed by atoms with Crippen molar-refractivity contribution in [1.82, 2.24) is 9.55 Å². The Morgan fingerprint density at radius 1 is 1.20 bits per heavy atom. The summed E-state index contributed by atoms with van der Waals surface area (Å²) < 4.78 is 1.34. The summed E-state index contributed by atoms with van der Waals surface area (Å²) in [7, 11) is 1.83. The highest BCUT2D eigenvalue weighted by molar-refractivity contribution is 6.31. The molecule has 6 nitrogen and oxygen atoms in total. The van der Waals surface area contributed by atoms with E-state index in [1.165, 1.54) is 4.57 Å². The molecule has 1 N–H and O–H groups in total. The van der Waals surface area contributed by atoms with Crippen LogP contribution in [0.3, 0.4) is 0 Å². The van der Waals surface area contributed by atoms with Gasteiger partial charge in [-0.15, -0.1) is 0 Å². The number of benzene rings is 2. The Balaban J connectivity index is 1.96. The topological polar surface area (TPSA) is 75.4 Å². The molecule has 0 bridgehead atoms. The van der Waals surface area contributed by atoms with E-state index in [4.69, 9.17) is 16.7 Å². The molecule has 3 aromatic rings. The molecule has 0 saturated heterocycles. The molecule has 0 aliphatic carbocycles. The highest BCUT2D eigenvalue weighted by atomic mass is 35.5. The smallest absolute Gasteiger partial charge is 0.266 e. The van der Waals surface area contributed by atoms with Gasteiger partial charge in [0, 0.05) is 24.3 Å². The third-order valence-electron chi connectivity index (χ3n) is 4.38. The minimum absolute atomic E-state index is 0.0172. The number of carbonyl (C=O) groups excluding carboxylic acids is 1. The number of aliphatic hydroxyl groups is 1. The van der Waals surface area contributed by atoms with Gasteiger partial charge in [-0.05, 0) is 36.4 Å². The van der Waals surface area contributed by atoms with Crippen LogP contribution < -0.4 is 10.5 Å². The third kappa shape index (κ3) is 2.33. The summed E-state index contributed by atoms with van der Waals surface area (Å²) in [6.07, 6.45) is 0. The maximum absolute atomic E-state index is 12.9. The Morgan fingerprint density at radius 3 is 2.76 bits per heavy atom. The molecule has 1 aliphatic heterocycles. The molecule has 0 radical (unpaired) electrons. The van der Waals surface area contributed by atoms with Gasteiger partial charge in [0.25, 0.3) is 5.56 Å². The molecule has 0 amide bonds. The van der Waals surface area contributed by atoms with Crippen LogP contribution in [0.2, 0.25) is 5.02 Å². The molecule has 4 rings (SSSR count). The van der Waals surface area contributed by atoms with Gasteiger partial charge in [0.2, 0.25) is 5.78 Å². The van der Waals surface area contributed by atoms with Gasteiger partial charge >= 0.3 is 0 Å². The number of hydrogen-bond acceptors (Lipinski definition) is 5. The fourth-order valence-corrected chi connectivity index (χ4v) is 3.24. The molecule has 2 heterocycles. The third-order valence-corrected chi connectivity index (χ3v) is 4.61. The molecule has 0 spiro atoms. The highest BCUT2D eigenvalue weighted by Gasteiger charge is 2.30. The first-order valence-electron chi connectivity index (χ1n) is 7.74. The first-order chi connectivity index (χ1) is 12.0. The normalized spacial score (nSPS) is 12.4. The lowest BCUT2D eigenvalue weighted by Gasteiger charge is -2.18. The van der Waals surface area contributed by atoms with Crippen molar-refractivity contribution in [3.8, 4) is 5.69 Å². The lowest BCUT2D eigenvalue weighted by atomic mass is 10.1. The molecule has 0 atom stereocenters. The van der Waals surface area contributed by atoms with E-state index in [0.29, 0.717) is 33.7 Å². The second-order valence-corrected chi connectivity index (χ2v) is 6.35. The zero-order valence-electron chi connectivity index (χ0n) is 13.4. The molecule has 7 heteroatoms. The predicted octanol–water partition coefficient (Wildman–Crippen LogP) is 2.01. The van der Waals surface area contributed by atoms with E-state index in [1.807, 2.05) is 11.9 Å². The fraction of sp³-hybridized carbons (Fsp3) is 0.167. The number of aliphatic hydroxyl groups excluding tert-OH is 1. The number of anilines is 1. The molecular weight excluding hydrogens is 342 g/mol. The number of carbonyl (C=O) groups is 1. The van der Waals surface area contributed by atoms with E-state index in [2.05, 4.69) is 4.98 Å². The van der Waals surface area contributed by atoms with Crippen molar-refractivity contribution in [3.63, 3.8) is 0 Å². The van der Waals surface area contributed by atoms with E-state index in [0.717, 1.165) is 5.69 Å². The van der Waals surface area contributed by atoms with E-state index in [9.17, 15) is 9.59 Å². The Hall–Kier alpha value is -2.70. The monoisotopic (exact) mass is 355 g/mol. The first-order valence-corrected chi connectivity index (χ1v) is 8.12. The van der Waals surface area contributed by atoms with Crippen LogP contribution in [0.25, 0.3) is 16.6 Å². The zero-order valence-corrected chi connectivity index (χ0v) is 14.1. The second-order valence-electron chi connectivity index (χ2n) is 5.91. The van der Waals surface area contributed by atoms with Gasteiger partial charge in [-0.2, -0.15) is 0 Å². The summed E-state index contributed by atoms with van der Waals surface area (Å²) in [6.45, 7) is 0.474. The molecule has 0 fully saturated rings. The van der Waals surface area contributed by atoms with Crippen molar-refractivity contribution in [2.24, 2.45) is 0 Å². The van der Waals surface area contributed by atoms with Crippen LogP contribution in [-0.4, -0.2) is 40.6 Å². The van der Waals surface area contributed by atoms with E-state index < -0.39 is 0 Å². The van der Waals surface area contributed by atoms with Crippen LogP contribution in [0.15, 0.2) is 41.2 Å². The molecule has 0 unspecified atom stereocenters. The average Bonchev–Trinajstić information content (AvgIpc) is 2.87. The number of aromatic nitrogens is 2. The van der Waals surface area contributed by atoms with Crippen LogP contribution >= 0.6 is 11.6 Å². The summed E-state index contributed by atoms with van der Waals surface area (Å²) in [5, 5.41) is 9.94. The number of rotatable bonds is 3. The number of ketones is 1. The van der Waals surface area contributed by atoms with Crippen molar-refractivity contribution < 1.29 is 9.90 Å². The number of hydrogen-bond donors (Lipinski definition) is 1. The van der Waals surface area contributed by atoms with Gasteiger partial charge in [0.15, 0.2) is 5.82 Å². The summed E-state index contributed by atoms with van der Waals surface area (Å²) >= 11 is 5.98. The van der Waals surface area contributed by atoms with Crippen molar-refractivity contribution in [1.29, 1.82) is 0 Å². The van der Waals surface area contributed by atoms with E-state index in [1.54, 1.807) is 36.4 Å². The van der Waals surface area contributed by atoms with Gasteiger partial charge in [-0.3, -0.25) is 14.2 Å². The SMILES string of the molecule is CN(CCO)c1ccc2c(=O)n3c(nc2c1)C(=O)c1cc(Cl)ccc1-3. The van der Waals surface area contributed by atoms with Crippen molar-refractivity contribution in [2.75, 3.05) is 25.1 Å². The highest BCUT2D eigenvalue weighted by Crippen LogP contribution is 2.29. The molecule has 1 aromatic heterocycles. The van der Waals surface area contributed by atoms with Crippen LogP contribution in [0.4, 0.5) is 5.69 Å². The maximum Gasteiger partial charge on any atom is 0.266 e. The van der Waals surface area contributed by atoms with E-state index >= 15 is 0 Å². The Bertz CT molecular complexity index is 1090. The van der Waals surface area contributed by atoms with Crippen LogP contribution in [0.1, 0.15) is 16.2 Å². The minimum Gasteiger partial charge on any atom is -0.395 e. The molecular formula is C18H14ClN3O3. The average molecular weight is 356 g/mol. The molecule has 1 aliphatic rings. The van der Waals surface area contributed by atoms with Gasteiger partial charge in [-0.25, -0.2) is 4.98 Å². The quantitative estimate of drug-likeness (QED) is 0.608. The zero-order chi connectivity index (χ0) is 17.7. The summed E-state index contributed by atoms with van der Waals surface area (Å²) in [6, 6.07) is 10.1. The van der Waals surface area contributed by atoms with Crippen LogP contribution in [0, 0.1) is 0 Å². The molecule has 126 valence electrons. The second kappa shape index (κ2) is 5.68. The number of nitrogens with zero attached hydrogens (tertiary/aromatic N) is 3. The Kier molecular flexibility index (Phi) is 3.59. The van der Waals surface area contributed by atoms with Crippen LogP contribution in [-0.2, 0) is 0 Å². The largest absolute Gasteiger partial charge is 0.395 e. The van der Waals surface area contributed by atoms with Crippen molar-refractivity contribution in [3.05, 3.63) is 63.2 Å². The molecule has 2 aromatic carbocycles. The lowest BCUT2D eigenvalue weighted by molar-refractivity contribution is 0.103.